The van der Waals surface area contributed by atoms with Gasteiger partial charge in [-0.15, -0.1) is 12.4 Å². The maximum atomic E-state index is 12.1. The Labute approximate surface area is 121 Å². The van der Waals surface area contributed by atoms with Gasteiger partial charge in [0.15, 0.2) is 0 Å². The van der Waals surface area contributed by atoms with Gasteiger partial charge in [-0.2, -0.15) is 0 Å². The number of hydrogen-bond donors (Lipinski definition) is 1. The first-order valence-electron chi connectivity index (χ1n) is 6.84. The number of likely N-dealkylation sites (N-methyl/N-ethyl adjacent to an activating group) is 1. The molecule has 6 heteroatoms. The third-order valence-electron chi connectivity index (χ3n) is 4.03. The molecule has 2 heterocycles. The molecule has 2 fully saturated rings. The van der Waals surface area contributed by atoms with E-state index in [1.807, 2.05) is 4.90 Å². The summed E-state index contributed by atoms with van der Waals surface area (Å²) in [6, 6.07) is -0.324. The SMILES string of the molecule is CC1CCN(C(=O)CC2NCCN(C)C2=O)CC1.Cl. The molecule has 0 saturated carbocycles. The summed E-state index contributed by atoms with van der Waals surface area (Å²) in [6.45, 7) is 5.42. The zero-order valence-electron chi connectivity index (χ0n) is 11.7. The van der Waals surface area contributed by atoms with Crippen LogP contribution in [-0.2, 0) is 9.59 Å². The van der Waals surface area contributed by atoms with E-state index in [4.69, 9.17) is 0 Å². The van der Waals surface area contributed by atoms with E-state index in [0.29, 0.717) is 6.42 Å². The van der Waals surface area contributed by atoms with E-state index < -0.39 is 0 Å². The monoisotopic (exact) mass is 289 g/mol. The molecule has 2 amide bonds. The lowest BCUT2D eigenvalue weighted by Gasteiger charge is -2.34. The van der Waals surface area contributed by atoms with Crippen molar-refractivity contribution < 1.29 is 9.59 Å². The smallest absolute Gasteiger partial charge is 0.240 e. The summed E-state index contributed by atoms with van der Waals surface area (Å²) in [5, 5.41) is 3.14. The lowest BCUT2D eigenvalue weighted by atomic mass is 9.98. The van der Waals surface area contributed by atoms with Crippen molar-refractivity contribution in [3.05, 3.63) is 0 Å². The third kappa shape index (κ3) is 4.08. The predicted molar refractivity (Wildman–Crippen MR) is 76.3 cm³/mol. The van der Waals surface area contributed by atoms with Gasteiger partial charge in [0.1, 0.15) is 0 Å². The van der Waals surface area contributed by atoms with Crippen molar-refractivity contribution in [3.8, 4) is 0 Å². The molecule has 1 unspecified atom stereocenters. The number of carbonyl (C=O) groups is 2. The Bertz CT molecular complexity index is 330. The second-order valence-corrected chi connectivity index (χ2v) is 5.53. The minimum Gasteiger partial charge on any atom is -0.343 e. The van der Waals surface area contributed by atoms with Crippen molar-refractivity contribution in [2.45, 2.75) is 32.2 Å². The second-order valence-electron chi connectivity index (χ2n) is 5.53. The fourth-order valence-electron chi connectivity index (χ4n) is 2.59. The van der Waals surface area contributed by atoms with Crippen molar-refractivity contribution in [3.63, 3.8) is 0 Å². The molecule has 2 aliphatic rings. The van der Waals surface area contributed by atoms with Crippen LogP contribution in [0.15, 0.2) is 0 Å². The van der Waals surface area contributed by atoms with E-state index in [0.717, 1.165) is 44.9 Å². The highest BCUT2D eigenvalue weighted by molar-refractivity contribution is 5.88. The minimum atomic E-state index is -0.324. The van der Waals surface area contributed by atoms with E-state index in [9.17, 15) is 9.59 Å². The Morgan fingerprint density at radius 3 is 2.58 bits per heavy atom. The number of amides is 2. The summed E-state index contributed by atoms with van der Waals surface area (Å²) >= 11 is 0. The summed E-state index contributed by atoms with van der Waals surface area (Å²) in [5.74, 6) is 0.873. The van der Waals surface area contributed by atoms with Gasteiger partial charge < -0.3 is 15.1 Å². The molecule has 0 aliphatic carbocycles. The summed E-state index contributed by atoms with van der Waals surface area (Å²) in [6.07, 6.45) is 2.47. The van der Waals surface area contributed by atoms with Crippen molar-refractivity contribution in [1.29, 1.82) is 0 Å². The quantitative estimate of drug-likeness (QED) is 0.805. The van der Waals surface area contributed by atoms with Crippen LogP contribution in [0.25, 0.3) is 0 Å². The lowest BCUT2D eigenvalue weighted by molar-refractivity contribution is -0.140. The fourth-order valence-corrected chi connectivity index (χ4v) is 2.59. The van der Waals surface area contributed by atoms with Gasteiger partial charge in [-0.05, 0) is 18.8 Å². The zero-order valence-corrected chi connectivity index (χ0v) is 12.5. The topological polar surface area (TPSA) is 52.7 Å². The first-order chi connectivity index (χ1) is 8.58. The standard InChI is InChI=1S/C13H23N3O2.ClH/c1-10-3-6-16(7-4-10)12(17)9-11-13(18)15(2)8-5-14-11;/h10-11,14H,3-9H2,1-2H3;1H. The largest absolute Gasteiger partial charge is 0.343 e. The van der Waals surface area contributed by atoms with E-state index in [-0.39, 0.29) is 30.3 Å². The number of likely N-dealkylation sites (tertiary alicyclic amines) is 1. The summed E-state index contributed by atoms with van der Waals surface area (Å²) in [5.41, 5.74) is 0. The number of rotatable bonds is 2. The molecule has 0 aromatic heterocycles. The van der Waals surface area contributed by atoms with Gasteiger partial charge in [0, 0.05) is 33.2 Å². The van der Waals surface area contributed by atoms with Gasteiger partial charge in [0.05, 0.1) is 12.5 Å². The Hall–Kier alpha value is -0.810. The summed E-state index contributed by atoms with van der Waals surface area (Å²) < 4.78 is 0. The molecule has 1 N–H and O–H groups in total. The molecular weight excluding hydrogens is 266 g/mol. The van der Waals surface area contributed by atoms with Gasteiger partial charge >= 0.3 is 0 Å². The van der Waals surface area contributed by atoms with Crippen LogP contribution in [0.1, 0.15) is 26.2 Å². The molecule has 0 aromatic carbocycles. The zero-order chi connectivity index (χ0) is 13.1. The van der Waals surface area contributed by atoms with Crippen molar-refractivity contribution >= 4 is 24.2 Å². The van der Waals surface area contributed by atoms with Crippen molar-refractivity contribution in [2.75, 3.05) is 33.2 Å². The van der Waals surface area contributed by atoms with Crippen LogP contribution in [0, 0.1) is 5.92 Å². The molecule has 2 saturated heterocycles. The Morgan fingerprint density at radius 1 is 1.32 bits per heavy atom. The highest BCUT2D eigenvalue weighted by Gasteiger charge is 2.30. The number of nitrogens with zero attached hydrogens (tertiary/aromatic N) is 2. The average Bonchev–Trinajstić information content (AvgIpc) is 2.36. The second kappa shape index (κ2) is 7.10. The normalized spacial score (nSPS) is 25.2. The van der Waals surface area contributed by atoms with Gasteiger partial charge in [-0.1, -0.05) is 6.92 Å². The van der Waals surface area contributed by atoms with Gasteiger partial charge in [0.25, 0.3) is 0 Å². The molecule has 0 radical (unpaired) electrons. The van der Waals surface area contributed by atoms with Crippen LogP contribution in [0.3, 0.4) is 0 Å². The maximum Gasteiger partial charge on any atom is 0.240 e. The van der Waals surface area contributed by atoms with E-state index in [1.54, 1.807) is 11.9 Å². The predicted octanol–water partition coefficient (Wildman–Crippen LogP) is 0.487. The molecule has 110 valence electrons. The molecule has 0 bridgehead atoms. The number of hydrogen-bond acceptors (Lipinski definition) is 3. The van der Waals surface area contributed by atoms with Crippen LogP contribution in [0.5, 0.6) is 0 Å². The van der Waals surface area contributed by atoms with Crippen LogP contribution < -0.4 is 5.32 Å². The van der Waals surface area contributed by atoms with Crippen LogP contribution in [0.4, 0.5) is 0 Å². The summed E-state index contributed by atoms with van der Waals surface area (Å²) in [7, 11) is 1.79. The fraction of sp³-hybridized carbons (Fsp3) is 0.846. The first-order valence-corrected chi connectivity index (χ1v) is 6.84. The number of piperidine rings is 1. The Balaban J connectivity index is 0.00000180. The average molecular weight is 290 g/mol. The first kappa shape index (κ1) is 16.2. The lowest BCUT2D eigenvalue weighted by Crippen LogP contribution is -2.55. The minimum absolute atomic E-state index is 0. The number of piperazine rings is 1. The van der Waals surface area contributed by atoms with Crippen LogP contribution >= 0.6 is 12.4 Å². The van der Waals surface area contributed by atoms with Crippen molar-refractivity contribution in [2.24, 2.45) is 5.92 Å². The van der Waals surface area contributed by atoms with E-state index in [1.165, 1.54) is 0 Å². The van der Waals surface area contributed by atoms with E-state index in [2.05, 4.69) is 12.2 Å². The highest BCUT2D eigenvalue weighted by atomic mass is 35.5. The van der Waals surface area contributed by atoms with Crippen molar-refractivity contribution in [1.82, 2.24) is 15.1 Å². The number of nitrogens with one attached hydrogen (secondary N) is 1. The molecule has 1 atom stereocenters. The molecule has 19 heavy (non-hydrogen) atoms. The number of carbonyl (C=O) groups excluding carboxylic acids is 2. The molecule has 2 rings (SSSR count). The molecule has 2 aliphatic heterocycles. The van der Waals surface area contributed by atoms with Gasteiger partial charge in [-0.25, -0.2) is 0 Å². The van der Waals surface area contributed by atoms with Crippen LogP contribution in [-0.4, -0.2) is 60.9 Å². The Morgan fingerprint density at radius 2 is 1.95 bits per heavy atom. The Kier molecular flexibility index (Phi) is 6.07. The molecule has 0 spiro atoms. The third-order valence-corrected chi connectivity index (χ3v) is 4.03. The van der Waals surface area contributed by atoms with Crippen LogP contribution in [0.2, 0.25) is 0 Å². The van der Waals surface area contributed by atoms with E-state index >= 15 is 0 Å². The van der Waals surface area contributed by atoms with Gasteiger partial charge in [0.2, 0.25) is 11.8 Å². The summed E-state index contributed by atoms with van der Waals surface area (Å²) in [4.78, 5) is 27.6. The van der Waals surface area contributed by atoms with Gasteiger partial charge in [-0.3, -0.25) is 9.59 Å². The maximum absolute atomic E-state index is 12.1. The molecular formula is C13H24ClN3O2. The molecule has 0 aromatic rings. The molecule has 5 nitrogen and oxygen atoms in total. The highest BCUT2D eigenvalue weighted by Crippen LogP contribution is 2.17. The number of halogens is 1.